The van der Waals surface area contributed by atoms with Gasteiger partial charge in [-0.1, -0.05) is 12.1 Å². The Kier molecular flexibility index (Phi) is 3.92. The molecule has 0 fully saturated rings. The van der Waals surface area contributed by atoms with Gasteiger partial charge in [0.1, 0.15) is 5.75 Å². The van der Waals surface area contributed by atoms with Gasteiger partial charge < -0.3 is 10.1 Å². The number of aromatic amines is 1. The highest BCUT2D eigenvalue weighted by molar-refractivity contribution is 5.96. The first-order valence-electron chi connectivity index (χ1n) is 5.57. The maximum atomic E-state index is 12.2. The first-order valence-corrected chi connectivity index (χ1v) is 5.57. The standard InChI is InChI=1S/C12H10F3N3O2/c13-12(14,15)20-10-4-2-1-3-9(10)11(19)16-7-8-5-6-17-18-8/h1-6H,7H2,(H,16,19)(H,17,18). The molecule has 0 aliphatic rings. The van der Waals surface area contributed by atoms with E-state index in [4.69, 9.17) is 0 Å². The minimum absolute atomic E-state index is 0.0999. The van der Waals surface area contributed by atoms with Crippen LogP contribution in [0.3, 0.4) is 0 Å². The molecule has 1 aromatic carbocycles. The number of halogens is 3. The minimum atomic E-state index is -4.85. The number of hydrogen-bond donors (Lipinski definition) is 2. The van der Waals surface area contributed by atoms with Crippen LogP contribution in [0.15, 0.2) is 36.5 Å². The van der Waals surface area contributed by atoms with E-state index >= 15 is 0 Å². The van der Waals surface area contributed by atoms with Gasteiger partial charge in [-0.15, -0.1) is 13.2 Å². The highest BCUT2D eigenvalue weighted by Crippen LogP contribution is 2.26. The highest BCUT2D eigenvalue weighted by Gasteiger charge is 2.32. The second-order valence-electron chi connectivity index (χ2n) is 3.79. The van der Waals surface area contributed by atoms with Gasteiger partial charge in [-0.3, -0.25) is 9.89 Å². The topological polar surface area (TPSA) is 67.0 Å². The van der Waals surface area contributed by atoms with Crippen LogP contribution in [0.25, 0.3) is 0 Å². The van der Waals surface area contributed by atoms with Crippen LogP contribution in [0.1, 0.15) is 16.1 Å². The smallest absolute Gasteiger partial charge is 0.405 e. The lowest BCUT2D eigenvalue weighted by Gasteiger charge is -2.12. The molecule has 0 unspecified atom stereocenters. The molecular formula is C12H10F3N3O2. The number of benzene rings is 1. The molecule has 1 aromatic heterocycles. The highest BCUT2D eigenvalue weighted by atomic mass is 19.4. The third kappa shape index (κ3) is 3.74. The Hall–Kier alpha value is -2.51. The zero-order valence-corrected chi connectivity index (χ0v) is 10.1. The molecule has 0 spiro atoms. The third-order valence-corrected chi connectivity index (χ3v) is 2.35. The van der Waals surface area contributed by atoms with Crippen molar-refractivity contribution in [3.05, 3.63) is 47.8 Å². The van der Waals surface area contributed by atoms with E-state index in [1.54, 1.807) is 12.3 Å². The van der Waals surface area contributed by atoms with Crippen LogP contribution in [-0.2, 0) is 6.54 Å². The first-order chi connectivity index (χ1) is 9.46. The van der Waals surface area contributed by atoms with E-state index in [0.29, 0.717) is 5.69 Å². The summed E-state index contributed by atoms with van der Waals surface area (Å²) in [5.41, 5.74) is 0.368. The summed E-state index contributed by atoms with van der Waals surface area (Å²) >= 11 is 0. The van der Waals surface area contributed by atoms with Crippen LogP contribution in [-0.4, -0.2) is 22.5 Å². The number of amides is 1. The molecule has 2 rings (SSSR count). The number of para-hydroxylation sites is 1. The average molecular weight is 285 g/mol. The molecule has 0 radical (unpaired) electrons. The SMILES string of the molecule is O=C(NCc1cc[nH]n1)c1ccccc1OC(F)(F)F. The maximum absolute atomic E-state index is 12.2. The lowest BCUT2D eigenvalue weighted by Crippen LogP contribution is -2.25. The number of carbonyl (C=O) groups excluding carboxylic acids is 1. The quantitative estimate of drug-likeness (QED) is 0.905. The summed E-state index contributed by atoms with van der Waals surface area (Å²) in [6, 6.07) is 6.77. The predicted octanol–water partition coefficient (Wildman–Crippen LogP) is 2.24. The Morgan fingerprint density at radius 2 is 2.05 bits per heavy atom. The van der Waals surface area contributed by atoms with Crippen molar-refractivity contribution in [2.75, 3.05) is 0 Å². The number of hydrogen-bond acceptors (Lipinski definition) is 3. The molecule has 106 valence electrons. The number of carbonyl (C=O) groups is 1. The van der Waals surface area contributed by atoms with Crippen LogP contribution < -0.4 is 10.1 Å². The second-order valence-corrected chi connectivity index (χ2v) is 3.79. The minimum Gasteiger partial charge on any atom is -0.405 e. The summed E-state index contributed by atoms with van der Waals surface area (Å²) < 4.78 is 40.5. The van der Waals surface area contributed by atoms with Crippen LogP contribution >= 0.6 is 0 Å². The van der Waals surface area contributed by atoms with Gasteiger partial charge in [-0.2, -0.15) is 5.10 Å². The summed E-state index contributed by atoms with van der Waals surface area (Å²) in [6.07, 6.45) is -3.28. The average Bonchev–Trinajstić information content (AvgIpc) is 2.88. The molecular weight excluding hydrogens is 275 g/mol. The summed E-state index contributed by atoms with van der Waals surface area (Å²) in [7, 11) is 0. The van der Waals surface area contributed by atoms with E-state index in [-0.39, 0.29) is 12.1 Å². The van der Waals surface area contributed by atoms with Gasteiger partial charge in [-0.25, -0.2) is 0 Å². The van der Waals surface area contributed by atoms with Gasteiger partial charge in [0.15, 0.2) is 0 Å². The van der Waals surface area contributed by atoms with Crippen molar-refractivity contribution in [3.63, 3.8) is 0 Å². The molecule has 0 atom stereocenters. The van der Waals surface area contributed by atoms with Crippen LogP contribution in [0, 0.1) is 0 Å². The van der Waals surface area contributed by atoms with Crippen molar-refractivity contribution in [3.8, 4) is 5.75 Å². The molecule has 1 heterocycles. The normalized spacial score (nSPS) is 11.2. The molecule has 20 heavy (non-hydrogen) atoms. The summed E-state index contributed by atoms with van der Waals surface area (Å²) in [6.45, 7) is 0.0999. The Morgan fingerprint density at radius 1 is 1.30 bits per heavy atom. The van der Waals surface area contributed by atoms with Crippen LogP contribution in [0.4, 0.5) is 13.2 Å². The molecule has 0 saturated carbocycles. The largest absolute Gasteiger partial charge is 0.573 e. The van der Waals surface area contributed by atoms with Crippen molar-refractivity contribution < 1.29 is 22.7 Å². The van der Waals surface area contributed by atoms with Crippen LogP contribution in [0.5, 0.6) is 5.75 Å². The third-order valence-electron chi connectivity index (χ3n) is 2.35. The molecule has 2 N–H and O–H groups in total. The fourth-order valence-electron chi connectivity index (χ4n) is 1.52. The van der Waals surface area contributed by atoms with Crippen molar-refractivity contribution in [1.29, 1.82) is 0 Å². The molecule has 8 heteroatoms. The van der Waals surface area contributed by atoms with Gasteiger partial charge in [0.05, 0.1) is 17.8 Å². The fourth-order valence-corrected chi connectivity index (χ4v) is 1.52. The summed E-state index contributed by atoms with van der Waals surface area (Å²) in [5.74, 6) is -1.22. The number of aromatic nitrogens is 2. The van der Waals surface area contributed by atoms with Crippen molar-refractivity contribution in [2.24, 2.45) is 0 Å². The van der Waals surface area contributed by atoms with E-state index in [0.717, 1.165) is 6.07 Å². The Bertz CT molecular complexity index is 582. The van der Waals surface area contributed by atoms with E-state index in [2.05, 4.69) is 20.3 Å². The predicted molar refractivity (Wildman–Crippen MR) is 62.9 cm³/mol. The zero-order valence-electron chi connectivity index (χ0n) is 10.1. The molecule has 0 aliphatic heterocycles. The van der Waals surface area contributed by atoms with Gasteiger partial charge in [-0.05, 0) is 18.2 Å². The Labute approximate surface area is 111 Å². The van der Waals surface area contributed by atoms with E-state index in [1.807, 2.05) is 0 Å². The molecule has 2 aromatic rings. The molecule has 0 saturated heterocycles. The molecule has 0 bridgehead atoms. The molecule has 0 aliphatic carbocycles. The Balaban J connectivity index is 2.09. The first kappa shape index (κ1) is 13.9. The van der Waals surface area contributed by atoms with Gasteiger partial charge in [0, 0.05) is 6.20 Å². The second kappa shape index (κ2) is 5.64. The van der Waals surface area contributed by atoms with Gasteiger partial charge in [0.2, 0.25) is 0 Å². The van der Waals surface area contributed by atoms with Crippen molar-refractivity contribution in [2.45, 2.75) is 12.9 Å². The number of rotatable bonds is 4. The van der Waals surface area contributed by atoms with Crippen LogP contribution in [0.2, 0.25) is 0 Å². The van der Waals surface area contributed by atoms with E-state index < -0.39 is 18.0 Å². The van der Waals surface area contributed by atoms with Crippen molar-refractivity contribution in [1.82, 2.24) is 15.5 Å². The number of ether oxygens (including phenoxy) is 1. The number of nitrogens with zero attached hydrogens (tertiary/aromatic N) is 1. The zero-order chi connectivity index (χ0) is 14.6. The Morgan fingerprint density at radius 3 is 2.70 bits per heavy atom. The number of alkyl halides is 3. The lowest BCUT2D eigenvalue weighted by molar-refractivity contribution is -0.274. The maximum Gasteiger partial charge on any atom is 0.573 e. The monoisotopic (exact) mass is 285 g/mol. The lowest BCUT2D eigenvalue weighted by atomic mass is 10.2. The number of H-pyrrole nitrogens is 1. The van der Waals surface area contributed by atoms with E-state index in [1.165, 1.54) is 18.2 Å². The molecule has 1 amide bonds. The number of nitrogens with one attached hydrogen (secondary N) is 2. The summed E-state index contributed by atoms with van der Waals surface area (Å²) in [5, 5.41) is 8.83. The van der Waals surface area contributed by atoms with Gasteiger partial charge in [0.25, 0.3) is 5.91 Å². The van der Waals surface area contributed by atoms with E-state index in [9.17, 15) is 18.0 Å². The van der Waals surface area contributed by atoms with Crippen molar-refractivity contribution >= 4 is 5.91 Å². The summed E-state index contributed by atoms with van der Waals surface area (Å²) in [4.78, 5) is 11.9. The fraction of sp³-hybridized carbons (Fsp3) is 0.167. The van der Waals surface area contributed by atoms with Gasteiger partial charge >= 0.3 is 6.36 Å². The molecule has 5 nitrogen and oxygen atoms in total.